The molecule has 4 bridgehead atoms. The maximum Gasteiger partial charge on any atom is 0.124 e. The Labute approximate surface area is 218 Å². The molecule has 2 fully saturated rings. The van der Waals surface area contributed by atoms with E-state index in [1.165, 1.54) is 66.3 Å². The van der Waals surface area contributed by atoms with Crippen LogP contribution >= 0.6 is 0 Å². The maximum atomic E-state index is 10.7. The molecule has 0 aromatic heterocycles. The minimum absolute atomic E-state index is 0.306. The first-order valence-corrected chi connectivity index (χ1v) is 14.0. The number of aliphatic imine (C=N–C) groups is 2. The Balaban J connectivity index is 1.21. The van der Waals surface area contributed by atoms with Gasteiger partial charge in [0.25, 0.3) is 0 Å². The number of benzene rings is 3. The minimum Gasteiger partial charge on any atom is -0.507 e. The second-order valence-electron chi connectivity index (χ2n) is 11.6. The quantitative estimate of drug-likeness (QED) is 0.341. The molecule has 4 unspecified atom stereocenters. The summed E-state index contributed by atoms with van der Waals surface area (Å²) in [5.41, 5.74) is 9.77. The number of hydrogen-bond donors (Lipinski definition) is 2. The van der Waals surface area contributed by atoms with Crippen LogP contribution in [0.1, 0.15) is 114 Å². The Morgan fingerprint density at radius 2 is 1.16 bits per heavy atom. The summed E-state index contributed by atoms with van der Waals surface area (Å²) >= 11 is 0. The van der Waals surface area contributed by atoms with Crippen molar-refractivity contribution in [3.63, 3.8) is 0 Å². The van der Waals surface area contributed by atoms with Gasteiger partial charge in [-0.1, -0.05) is 19.4 Å². The lowest BCUT2D eigenvalue weighted by molar-refractivity contribution is 0.472. The summed E-state index contributed by atoms with van der Waals surface area (Å²) in [4.78, 5) is 9.62. The summed E-state index contributed by atoms with van der Waals surface area (Å²) in [5, 5.41) is 21.5. The van der Waals surface area contributed by atoms with Crippen LogP contribution in [-0.4, -0.2) is 22.6 Å². The zero-order valence-electron chi connectivity index (χ0n) is 21.5. The van der Waals surface area contributed by atoms with Crippen LogP contribution in [0.15, 0.2) is 52.4 Å². The van der Waals surface area contributed by atoms with Crippen molar-refractivity contribution in [1.29, 1.82) is 0 Å². The summed E-state index contributed by atoms with van der Waals surface area (Å²) in [5.74, 6) is 3.12. The van der Waals surface area contributed by atoms with Crippen molar-refractivity contribution in [2.75, 3.05) is 0 Å². The van der Waals surface area contributed by atoms with E-state index in [-0.39, 0.29) is 0 Å². The smallest absolute Gasteiger partial charge is 0.124 e. The van der Waals surface area contributed by atoms with Gasteiger partial charge in [0.15, 0.2) is 0 Å². The normalized spacial score (nSPS) is 25.0. The fourth-order valence-corrected chi connectivity index (χ4v) is 7.50. The third-order valence-corrected chi connectivity index (χ3v) is 9.35. The van der Waals surface area contributed by atoms with Gasteiger partial charge in [-0.25, -0.2) is 0 Å². The zero-order valence-corrected chi connectivity index (χ0v) is 21.5. The second-order valence-corrected chi connectivity index (χ2v) is 11.6. The first kappa shape index (κ1) is 22.8. The SMILES string of the molecule is CCCc1ccc(N=Cc2cc3c(cc2O)C2CCC3C2)c(N=Cc2cc3c(cc2O)C2CCC3C2)c1. The predicted octanol–water partition coefficient (Wildman–Crippen LogP) is 8.28. The van der Waals surface area contributed by atoms with Gasteiger partial charge in [-0.05, 0) is 133 Å². The summed E-state index contributed by atoms with van der Waals surface area (Å²) in [6.45, 7) is 2.18. The fraction of sp³-hybridized carbons (Fsp3) is 0.394. The molecule has 4 nitrogen and oxygen atoms in total. The largest absolute Gasteiger partial charge is 0.507 e. The molecule has 3 aromatic carbocycles. The monoisotopic (exact) mass is 490 g/mol. The van der Waals surface area contributed by atoms with Crippen molar-refractivity contribution in [2.45, 2.75) is 82.0 Å². The highest BCUT2D eigenvalue weighted by Gasteiger charge is 2.38. The molecular weight excluding hydrogens is 456 g/mol. The first-order chi connectivity index (χ1) is 18.1. The lowest BCUT2D eigenvalue weighted by Gasteiger charge is -2.16. The molecule has 37 heavy (non-hydrogen) atoms. The molecule has 0 amide bonds. The van der Waals surface area contributed by atoms with Crippen LogP contribution in [0.2, 0.25) is 0 Å². The molecule has 0 saturated heterocycles. The molecule has 2 N–H and O–H groups in total. The van der Waals surface area contributed by atoms with Crippen LogP contribution in [0.4, 0.5) is 11.4 Å². The van der Waals surface area contributed by atoms with Gasteiger partial charge in [0.05, 0.1) is 11.4 Å². The Bertz CT molecular complexity index is 1450. The third kappa shape index (κ3) is 3.89. The average molecular weight is 491 g/mol. The van der Waals surface area contributed by atoms with Crippen molar-refractivity contribution in [1.82, 2.24) is 0 Å². The van der Waals surface area contributed by atoms with E-state index in [4.69, 9.17) is 9.98 Å². The highest BCUT2D eigenvalue weighted by Crippen LogP contribution is 2.55. The number of phenolic OH excluding ortho intramolecular Hbond substituents is 2. The second kappa shape index (κ2) is 8.86. The fourth-order valence-electron chi connectivity index (χ4n) is 7.50. The van der Waals surface area contributed by atoms with Gasteiger partial charge >= 0.3 is 0 Å². The standard InChI is InChI=1S/C33H34N2O2/c1-2-3-19-4-9-30(34-17-24-13-26-20-5-7-22(11-20)28(26)15-32(24)36)31(10-19)35-18-25-14-27-21-6-8-23(12-21)29(27)16-33(25)37/h4,9-10,13-18,20-23,36-37H,2-3,5-8,11-12H2,1H3. The molecule has 0 radical (unpaired) electrons. The third-order valence-electron chi connectivity index (χ3n) is 9.35. The molecule has 0 aliphatic heterocycles. The topological polar surface area (TPSA) is 65.2 Å². The molecule has 0 heterocycles. The highest BCUT2D eigenvalue weighted by atomic mass is 16.3. The van der Waals surface area contributed by atoms with Crippen LogP contribution in [0.5, 0.6) is 11.5 Å². The van der Waals surface area contributed by atoms with Gasteiger partial charge < -0.3 is 10.2 Å². The molecule has 7 rings (SSSR count). The number of aryl methyl sites for hydroxylation is 1. The van der Waals surface area contributed by atoms with Gasteiger partial charge in [0.1, 0.15) is 11.5 Å². The van der Waals surface area contributed by atoms with E-state index in [0.717, 1.165) is 35.3 Å². The lowest BCUT2D eigenvalue weighted by atomic mass is 9.90. The average Bonchev–Trinajstić information content (AvgIpc) is 3.69. The van der Waals surface area contributed by atoms with Gasteiger partial charge in [0, 0.05) is 23.6 Å². The molecular formula is C33H34N2O2. The van der Waals surface area contributed by atoms with Crippen LogP contribution in [-0.2, 0) is 6.42 Å². The van der Waals surface area contributed by atoms with E-state index in [9.17, 15) is 10.2 Å². The van der Waals surface area contributed by atoms with E-state index >= 15 is 0 Å². The van der Waals surface area contributed by atoms with E-state index in [0.29, 0.717) is 35.2 Å². The summed E-state index contributed by atoms with van der Waals surface area (Å²) in [6.07, 6.45) is 13.1. The molecule has 188 valence electrons. The van der Waals surface area contributed by atoms with Crippen LogP contribution < -0.4 is 0 Å². The Kier molecular flexibility index (Phi) is 5.46. The van der Waals surface area contributed by atoms with Crippen LogP contribution in [0.25, 0.3) is 0 Å². The number of fused-ring (bicyclic) bond motifs is 10. The first-order valence-electron chi connectivity index (χ1n) is 14.0. The Morgan fingerprint density at radius 3 is 1.68 bits per heavy atom. The Hall–Kier alpha value is -3.40. The summed E-state index contributed by atoms with van der Waals surface area (Å²) < 4.78 is 0. The molecule has 0 spiro atoms. The summed E-state index contributed by atoms with van der Waals surface area (Å²) in [7, 11) is 0. The number of nitrogens with zero attached hydrogens (tertiary/aromatic N) is 2. The minimum atomic E-state index is 0.306. The highest BCUT2D eigenvalue weighted by molar-refractivity contribution is 5.90. The van der Waals surface area contributed by atoms with Crippen molar-refractivity contribution >= 4 is 23.8 Å². The van der Waals surface area contributed by atoms with Crippen molar-refractivity contribution < 1.29 is 10.2 Å². The lowest BCUT2D eigenvalue weighted by Crippen LogP contribution is -1.99. The molecule has 2 saturated carbocycles. The van der Waals surface area contributed by atoms with Gasteiger partial charge in [0.2, 0.25) is 0 Å². The number of hydrogen-bond acceptors (Lipinski definition) is 4. The van der Waals surface area contributed by atoms with Gasteiger partial charge in [-0.15, -0.1) is 0 Å². The summed E-state index contributed by atoms with van der Waals surface area (Å²) in [6, 6.07) is 14.4. The Morgan fingerprint density at radius 1 is 0.676 bits per heavy atom. The molecule has 4 aliphatic rings. The van der Waals surface area contributed by atoms with E-state index in [1.807, 2.05) is 18.2 Å². The zero-order chi connectivity index (χ0) is 25.1. The number of phenols is 2. The van der Waals surface area contributed by atoms with Crippen LogP contribution in [0.3, 0.4) is 0 Å². The maximum absolute atomic E-state index is 10.7. The number of rotatable bonds is 6. The van der Waals surface area contributed by atoms with E-state index in [1.54, 1.807) is 12.4 Å². The van der Waals surface area contributed by atoms with E-state index in [2.05, 4.69) is 31.2 Å². The molecule has 4 atom stereocenters. The number of aromatic hydroxyl groups is 2. The van der Waals surface area contributed by atoms with Crippen LogP contribution in [0, 0.1) is 0 Å². The van der Waals surface area contributed by atoms with Crippen molar-refractivity contribution in [3.8, 4) is 11.5 Å². The van der Waals surface area contributed by atoms with Gasteiger partial charge in [-0.3, -0.25) is 9.98 Å². The van der Waals surface area contributed by atoms with Crippen molar-refractivity contribution in [3.05, 3.63) is 81.4 Å². The van der Waals surface area contributed by atoms with E-state index < -0.39 is 0 Å². The molecule has 3 aromatic rings. The predicted molar refractivity (Wildman–Crippen MR) is 150 cm³/mol. The van der Waals surface area contributed by atoms with Gasteiger partial charge in [-0.2, -0.15) is 0 Å². The van der Waals surface area contributed by atoms with Crippen molar-refractivity contribution in [2.24, 2.45) is 9.98 Å². The molecule has 4 aliphatic carbocycles. The molecule has 4 heteroatoms.